The summed E-state index contributed by atoms with van der Waals surface area (Å²) >= 11 is 0. The summed E-state index contributed by atoms with van der Waals surface area (Å²) in [5, 5.41) is 0.341. The van der Waals surface area contributed by atoms with Crippen molar-refractivity contribution in [3.05, 3.63) is 46.0 Å². The molecular weight excluding hydrogens is 353 g/mol. The first-order valence-electron chi connectivity index (χ1n) is 9.05. The largest absolute Gasteiger partial charge is 0.365 e. The maximum atomic E-state index is 13.7. The average Bonchev–Trinajstić information content (AvgIpc) is 3.21. The summed E-state index contributed by atoms with van der Waals surface area (Å²) in [5.41, 5.74) is 0.0862. The number of carbonyl (C=O) groups excluding carboxylic acids is 2. The van der Waals surface area contributed by atoms with Gasteiger partial charge in [0.1, 0.15) is 5.82 Å². The van der Waals surface area contributed by atoms with Crippen LogP contribution in [0.3, 0.4) is 0 Å². The van der Waals surface area contributed by atoms with Crippen LogP contribution < -0.4 is 5.56 Å². The van der Waals surface area contributed by atoms with Crippen molar-refractivity contribution in [2.45, 2.75) is 18.9 Å². The first-order chi connectivity index (χ1) is 13.0. The molecule has 0 spiro atoms. The van der Waals surface area contributed by atoms with Crippen molar-refractivity contribution in [1.82, 2.24) is 14.8 Å². The molecule has 1 aromatic heterocycles. The van der Waals surface area contributed by atoms with Gasteiger partial charge in [-0.25, -0.2) is 4.39 Å². The summed E-state index contributed by atoms with van der Waals surface area (Å²) in [5.74, 6) is -1.00. The molecule has 2 fully saturated rings. The van der Waals surface area contributed by atoms with E-state index in [9.17, 15) is 18.8 Å². The van der Waals surface area contributed by atoms with Crippen LogP contribution >= 0.6 is 0 Å². The fraction of sp³-hybridized carbons (Fsp3) is 0.421. The predicted molar refractivity (Wildman–Crippen MR) is 96.0 cm³/mol. The Morgan fingerprint density at radius 2 is 1.89 bits per heavy atom. The molecule has 2 aliphatic rings. The number of carbonyl (C=O) groups is 2. The number of nitrogens with zero attached hydrogens (tertiary/aromatic N) is 2. The van der Waals surface area contributed by atoms with Crippen molar-refractivity contribution in [1.29, 1.82) is 0 Å². The van der Waals surface area contributed by atoms with Crippen LogP contribution in [0.25, 0.3) is 10.9 Å². The van der Waals surface area contributed by atoms with Gasteiger partial charge in [0.25, 0.3) is 11.8 Å². The van der Waals surface area contributed by atoms with Gasteiger partial charge in [-0.1, -0.05) is 0 Å². The van der Waals surface area contributed by atoms with Gasteiger partial charge >= 0.3 is 0 Å². The second-order valence-corrected chi connectivity index (χ2v) is 6.88. The number of benzene rings is 1. The standard InChI is InChI=1S/C19H20FN3O4/c20-12-3-4-15-13(9-12)14(10-17(24)21-15)18(25)23-7-8-27-16(11-23)19(26)22-5-1-2-6-22/h3-4,9-10,16H,1-2,5-8,11H2,(H,21,24)/t16-/m1/s1. The molecule has 0 bridgehead atoms. The lowest BCUT2D eigenvalue weighted by molar-refractivity contribution is -0.147. The number of fused-ring (bicyclic) bond motifs is 1. The van der Waals surface area contributed by atoms with E-state index in [1.807, 2.05) is 0 Å². The maximum Gasteiger partial charge on any atom is 0.254 e. The quantitative estimate of drug-likeness (QED) is 0.856. The van der Waals surface area contributed by atoms with Crippen LogP contribution in [-0.4, -0.2) is 65.5 Å². The molecule has 1 N–H and O–H groups in total. The minimum absolute atomic E-state index is 0.105. The minimum Gasteiger partial charge on any atom is -0.365 e. The number of hydrogen-bond acceptors (Lipinski definition) is 4. The van der Waals surface area contributed by atoms with E-state index in [4.69, 9.17) is 4.74 Å². The van der Waals surface area contributed by atoms with Crippen LogP contribution in [0.1, 0.15) is 23.2 Å². The van der Waals surface area contributed by atoms with E-state index in [-0.39, 0.29) is 24.6 Å². The number of H-pyrrole nitrogens is 1. The van der Waals surface area contributed by atoms with Crippen LogP contribution in [-0.2, 0) is 9.53 Å². The first-order valence-corrected chi connectivity index (χ1v) is 9.05. The first kappa shape index (κ1) is 17.7. The Morgan fingerprint density at radius 3 is 2.67 bits per heavy atom. The molecule has 142 valence electrons. The molecule has 2 amide bonds. The van der Waals surface area contributed by atoms with Crippen LogP contribution in [0, 0.1) is 5.82 Å². The molecule has 0 unspecified atom stereocenters. The fourth-order valence-corrected chi connectivity index (χ4v) is 3.70. The highest BCUT2D eigenvalue weighted by Crippen LogP contribution is 2.20. The number of ether oxygens (including phenoxy) is 1. The monoisotopic (exact) mass is 373 g/mol. The summed E-state index contributed by atoms with van der Waals surface area (Å²) in [4.78, 5) is 43.4. The van der Waals surface area contributed by atoms with E-state index in [1.165, 1.54) is 29.2 Å². The number of halogens is 1. The zero-order valence-corrected chi connectivity index (χ0v) is 14.7. The molecule has 4 rings (SSSR count). The van der Waals surface area contributed by atoms with Crippen molar-refractivity contribution < 1.29 is 18.7 Å². The second kappa shape index (κ2) is 7.11. The summed E-state index contributed by atoms with van der Waals surface area (Å²) < 4.78 is 19.3. The van der Waals surface area contributed by atoms with E-state index >= 15 is 0 Å². The Bertz CT molecular complexity index is 952. The zero-order valence-electron chi connectivity index (χ0n) is 14.7. The van der Waals surface area contributed by atoms with Gasteiger partial charge in [-0.05, 0) is 31.0 Å². The SMILES string of the molecule is O=C(c1cc(=O)[nH]c2ccc(F)cc12)N1CCO[C@@H](C(=O)N2CCCC2)C1. The van der Waals surface area contributed by atoms with Gasteiger partial charge in [-0.3, -0.25) is 14.4 Å². The molecule has 2 saturated heterocycles. The summed E-state index contributed by atoms with van der Waals surface area (Å²) in [6.45, 7) is 2.10. The minimum atomic E-state index is -0.703. The Hall–Kier alpha value is -2.74. The van der Waals surface area contributed by atoms with Crippen molar-refractivity contribution in [3.8, 4) is 0 Å². The fourth-order valence-electron chi connectivity index (χ4n) is 3.70. The molecule has 7 nitrogen and oxygen atoms in total. The smallest absolute Gasteiger partial charge is 0.254 e. The summed E-state index contributed by atoms with van der Waals surface area (Å²) in [7, 11) is 0. The van der Waals surface area contributed by atoms with Gasteiger partial charge in [0.2, 0.25) is 5.56 Å². The van der Waals surface area contributed by atoms with Crippen LogP contribution in [0.5, 0.6) is 0 Å². The van der Waals surface area contributed by atoms with E-state index in [0.717, 1.165) is 12.8 Å². The Balaban J connectivity index is 1.61. The molecular formula is C19H20FN3O4. The van der Waals surface area contributed by atoms with Gasteiger partial charge in [0, 0.05) is 36.6 Å². The van der Waals surface area contributed by atoms with Gasteiger partial charge in [0.05, 0.1) is 18.7 Å². The normalized spacial score (nSPS) is 20.3. The van der Waals surface area contributed by atoms with Gasteiger partial charge in [-0.15, -0.1) is 0 Å². The number of rotatable bonds is 2. The highest BCUT2D eigenvalue weighted by molar-refractivity contribution is 6.06. The number of pyridine rings is 1. The number of amides is 2. The van der Waals surface area contributed by atoms with Gasteiger partial charge in [0.15, 0.2) is 6.10 Å². The molecule has 3 heterocycles. The molecule has 0 aliphatic carbocycles. The number of aromatic nitrogens is 1. The van der Waals surface area contributed by atoms with E-state index in [0.29, 0.717) is 30.5 Å². The van der Waals surface area contributed by atoms with Crippen LogP contribution in [0.2, 0.25) is 0 Å². The highest BCUT2D eigenvalue weighted by Gasteiger charge is 2.33. The molecule has 2 aliphatic heterocycles. The lowest BCUT2D eigenvalue weighted by Crippen LogP contribution is -2.52. The second-order valence-electron chi connectivity index (χ2n) is 6.88. The Kier molecular flexibility index (Phi) is 4.65. The van der Waals surface area contributed by atoms with Crippen molar-refractivity contribution in [3.63, 3.8) is 0 Å². The number of aromatic amines is 1. The predicted octanol–water partition coefficient (Wildman–Crippen LogP) is 1.13. The Labute approximate surface area is 154 Å². The number of likely N-dealkylation sites (tertiary alicyclic amines) is 1. The molecule has 27 heavy (non-hydrogen) atoms. The molecule has 0 radical (unpaired) electrons. The topological polar surface area (TPSA) is 82.7 Å². The molecule has 0 saturated carbocycles. The van der Waals surface area contributed by atoms with Crippen molar-refractivity contribution >= 4 is 22.7 Å². The van der Waals surface area contributed by atoms with Gasteiger partial charge in [-0.2, -0.15) is 0 Å². The highest BCUT2D eigenvalue weighted by atomic mass is 19.1. The van der Waals surface area contributed by atoms with Crippen molar-refractivity contribution in [2.75, 3.05) is 32.8 Å². The van der Waals surface area contributed by atoms with Crippen LogP contribution in [0.4, 0.5) is 4.39 Å². The van der Waals surface area contributed by atoms with Crippen molar-refractivity contribution in [2.24, 2.45) is 0 Å². The van der Waals surface area contributed by atoms with E-state index in [1.54, 1.807) is 4.90 Å². The summed E-state index contributed by atoms with van der Waals surface area (Å²) in [6, 6.07) is 5.07. The summed E-state index contributed by atoms with van der Waals surface area (Å²) in [6.07, 6.45) is 1.25. The maximum absolute atomic E-state index is 13.7. The number of hydrogen-bond donors (Lipinski definition) is 1. The molecule has 1 atom stereocenters. The number of nitrogens with one attached hydrogen (secondary N) is 1. The average molecular weight is 373 g/mol. The van der Waals surface area contributed by atoms with E-state index in [2.05, 4.69) is 4.98 Å². The third-order valence-electron chi connectivity index (χ3n) is 5.08. The third-order valence-corrected chi connectivity index (χ3v) is 5.08. The lowest BCUT2D eigenvalue weighted by Gasteiger charge is -2.34. The number of morpholine rings is 1. The van der Waals surface area contributed by atoms with E-state index < -0.39 is 23.4 Å². The molecule has 1 aromatic carbocycles. The lowest BCUT2D eigenvalue weighted by atomic mass is 10.1. The van der Waals surface area contributed by atoms with Crippen LogP contribution in [0.15, 0.2) is 29.1 Å². The zero-order chi connectivity index (χ0) is 19.0. The molecule has 2 aromatic rings. The molecule has 8 heteroatoms. The third kappa shape index (κ3) is 3.44. The van der Waals surface area contributed by atoms with Gasteiger partial charge < -0.3 is 19.5 Å². The Morgan fingerprint density at radius 1 is 1.11 bits per heavy atom.